The summed E-state index contributed by atoms with van der Waals surface area (Å²) in [6, 6.07) is 11.0. The summed E-state index contributed by atoms with van der Waals surface area (Å²) in [6.45, 7) is 7.37. The zero-order chi connectivity index (χ0) is 27.0. The molecule has 3 aromatic heterocycles. The van der Waals surface area contributed by atoms with Crippen LogP contribution in [0.3, 0.4) is 0 Å². The molecule has 0 aliphatic carbocycles. The molecule has 0 spiro atoms. The average molecular weight is 535 g/mol. The van der Waals surface area contributed by atoms with Gasteiger partial charge in [0.1, 0.15) is 41.6 Å². The van der Waals surface area contributed by atoms with Gasteiger partial charge in [-0.15, -0.1) is 0 Å². The number of benzene rings is 2. The first kappa shape index (κ1) is 25.3. The normalized spacial score (nSPS) is 12.1. The number of aromatic nitrogens is 5. The summed E-state index contributed by atoms with van der Waals surface area (Å²) in [5, 5.41) is 12.0. The summed E-state index contributed by atoms with van der Waals surface area (Å²) in [5.41, 5.74) is 3.38. The van der Waals surface area contributed by atoms with Gasteiger partial charge in [-0.1, -0.05) is 28.9 Å². The van der Waals surface area contributed by atoms with E-state index in [1.807, 2.05) is 45.0 Å². The first-order chi connectivity index (χ1) is 18.2. The molecule has 1 amide bonds. The van der Waals surface area contributed by atoms with Gasteiger partial charge in [-0.2, -0.15) is 5.10 Å². The fourth-order valence-electron chi connectivity index (χ4n) is 4.36. The lowest BCUT2D eigenvalue weighted by atomic mass is 10.0. The number of carbonyl (C=O) groups is 1. The van der Waals surface area contributed by atoms with Crippen molar-refractivity contribution in [3.63, 3.8) is 0 Å². The Morgan fingerprint density at radius 2 is 2.00 bits per heavy atom. The van der Waals surface area contributed by atoms with Gasteiger partial charge in [-0.3, -0.25) is 4.79 Å². The standard InChI is InChI=1S/C27H24ClFN6O3/c1-14-10-24(35-17(4)32-16(3)33-35)19-6-5-7-25(26(19)30-14)37-13-21-20(11-18(29)12-22(21)28)15(2)31-27(36)23-8-9-38-34-23/h5-12,15H,13H2,1-4H3,(H,31,36)/t15-/m0/s1. The van der Waals surface area contributed by atoms with Crippen molar-refractivity contribution in [2.75, 3.05) is 0 Å². The highest BCUT2D eigenvalue weighted by Gasteiger charge is 2.21. The van der Waals surface area contributed by atoms with Crippen molar-refractivity contribution >= 4 is 28.4 Å². The van der Waals surface area contributed by atoms with Crippen molar-refractivity contribution in [2.45, 2.75) is 40.3 Å². The van der Waals surface area contributed by atoms with Crippen LogP contribution in [0.1, 0.15) is 51.9 Å². The average Bonchev–Trinajstić information content (AvgIpc) is 3.52. The molecule has 0 aliphatic heterocycles. The molecule has 194 valence electrons. The van der Waals surface area contributed by atoms with Crippen LogP contribution in [0, 0.1) is 26.6 Å². The van der Waals surface area contributed by atoms with Gasteiger partial charge in [0.15, 0.2) is 5.69 Å². The van der Waals surface area contributed by atoms with E-state index in [2.05, 4.69) is 20.6 Å². The first-order valence-electron chi connectivity index (χ1n) is 11.8. The van der Waals surface area contributed by atoms with Gasteiger partial charge < -0.3 is 14.6 Å². The minimum atomic E-state index is -0.594. The van der Waals surface area contributed by atoms with E-state index >= 15 is 0 Å². The summed E-state index contributed by atoms with van der Waals surface area (Å²) < 4.78 is 27.1. The molecule has 3 heterocycles. The maximum Gasteiger partial charge on any atom is 0.273 e. The van der Waals surface area contributed by atoms with E-state index in [4.69, 9.17) is 25.8 Å². The van der Waals surface area contributed by atoms with Gasteiger partial charge in [0.2, 0.25) is 0 Å². The summed E-state index contributed by atoms with van der Waals surface area (Å²) >= 11 is 6.46. The number of ether oxygens (including phenoxy) is 1. The van der Waals surface area contributed by atoms with Crippen LogP contribution >= 0.6 is 11.6 Å². The number of aryl methyl sites for hydroxylation is 3. The number of halogens is 2. The number of hydrogen-bond acceptors (Lipinski definition) is 7. The number of para-hydroxylation sites is 1. The Bertz CT molecular complexity index is 1650. The molecule has 11 heteroatoms. The zero-order valence-electron chi connectivity index (χ0n) is 21.1. The fourth-order valence-corrected chi connectivity index (χ4v) is 4.63. The molecule has 0 saturated carbocycles. The summed E-state index contributed by atoms with van der Waals surface area (Å²) in [5.74, 6) is 0.957. The second-order valence-corrected chi connectivity index (χ2v) is 9.28. The molecule has 0 saturated heterocycles. The topological polar surface area (TPSA) is 108 Å². The predicted molar refractivity (Wildman–Crippen MR) is 139 cm³/mol. The molecular formula is C27H24ClFN6O3. The van der Waals surface area contributed by atoms with E-state index in [0.717, 1.165) is 22.6 Å². The number of fused-ring (bicyclic) bond motifs is 1. The molecule has 0 bridgehead atoms. The molecule has 1 N–H and O–H groups in total. The van der Waals surface area contributed by atoms with Crippen molar-refractivity contribution < 1.29 is 18.4 Å². The van der Waals surface area contributed by atoms with E-state index in [9.17, 15) is 9.18 Å². The Labute approximate surface area is 222 Å². The van der Waals surface area contributed by atoms with Crippen molar-refractivity contribution in [2.24, 2.45) is 0 Å². The molecule has 2 aromatic carbocycles. The lowest BCUT2D eigenvalue weighted by molar-refractivity contribution is 0.0930. The monoisotopic (exact) mass is 534 g/mol. The number of amides is 1. The van der Waals surface area contributed by atoms with Gasteiger partial charge in [-0.05, 0) is 57.5 Å². The molecule has 0 radical (unpaired) electrons. The van der Waals surface area contributed by atoms with Crippen LogP contribution in [0.25, 0.3) is 16.6 Å². The van der Waals surface area contributed by atoms with Crippen LogP contribution in [0.4, 0.5) is 4.39 Å². The molecule has 9 nitrogen and oxygen atoms in total. The van der Waals surface area contributed by atoms with E-state index in [-0.39, 0.29) is 17.3 Å². The zero-order valence-corrected chi connectivity index (χ0v) is 21.9. The number of nitrogens with zero attached hydrogens (tertiary/aromatic N) is 5. The van der Waals surface area contributed by atoms with Crippen molar-refractivity contribution in [3.8, 4) is 11.4 Å². The van der Waals surface area contributed by atoms with Crippen LogP contribution < -0.4 is 10.1 Å². The molecular weight excluding hydrogens is 511 g/mol. The van der Waals surface area contributed by atoms with Gasteiger partial charge >= 0.3 is 0 Å². The smallest absolute Gasteiger partial charge is 0.273 e. The Morgan fingerprint density at radius 1 is 1.18 bits per heavy atom. The van der Waals surface area contributed by atoms with Crippen LogP contribution in [-0.2, 0) is 6.61 Å². The largest absolute Gasteiger partial charge is 0.487 e. The molecule has 1 atom stereocenters. The van der Waals surface area contributed by atoms with Crippen LogP contribution in [0.2, 0.25) is 5.02 Å². The molecule has 5 aromatic rings. The number of rotatable bonds is 7. The third kappa shape index (κ3) is 4.95. The number of carbonyl (C=O) groups excluding carboxylic acids is 1. The Balaban J connectivity index is 1.48. The van der Waals surface area contributed by atoms with Gasteiger partial charge in [0, 0.05) is 22.7 Å². The Morgan fingerprint density at radius 3 is 2.71 bits per heavy atom. The lowest BCUT2D eigenvalue weighted by Gasteiger charge is -2.20. The minimum absolute atomic E-state index is 0.0180. The van der Waals surface area contributed by atoms with Gasteiger partial charge in [0.05, 0.1) is 16.8 Å². The Hall–Kier alpha value is -4.31. The highest BCUT2D eigenvalue weighted by molar-refractivity contribution is 6.31. The SMILES string of the molecule is Cc1cc(-n2nc(C)nc2C)c2cccc(OCc3c(Cl)cc(F)cc3[C@H](C)NC(=O)c3ccon3)c2n1. The molecule has 0 aliphatic rings. The third-order valence-corrected chi connectivity index (χ3v) is 6.40. The third-order valence-electron chi connectivity index (χ3n) is 6.06. The number of hydrogen-bond donors (Lipinski definition) is 1. The molecule has 5 rings (SSSR count). The predicted octanol–water partition coefficient (Wildman–Crippen LogP) is 5.59. The van der Waals surface area contributed by atoms with E-state index < -0.39 is 17.8 Å². The molecule has 0 unspecified atom stereocenters. The second-order valence-electron chi connectivity index (χ2n) is 8.88. The van der Waals surface area contributed by atoms with E-state index in [1.165, 1.54) is 24.5 Å². The summed E-state index contributed by atoms with van der Waals surface area (Å²) in [4.78, 5) is 21.6. The highest BCUT2D eigenvalue weighted by atomic mass is 35.5. The Kier molecular flexibility index (Phi) is 6.81. The van der Waals surface area contributed by atoms with Crippen molar-refractivity contribution in [3.05, 3.63) is 93.7 Å². The van der Waals surface area contributed by atoms with Crippen molar-refractivity contribution in [1.82, 2.24) is 30.2 Å². The van der Waals surface area contributed by atoms with Gasteiger partial charge in [0.25, 0.3) is 5.91 Å². The second kappa shape index (κ2) is 10.2. The number of pyridine rings is 1. The van der Waals surface area contributed by atoms with Crippen LogP contribution in [0.5, 0.6) is 5.75 Å². The van der Waals surface area contributed by atoms with E-state index in [0.29, 0.717) is 28.2 Å². The van der Waals surface area contributed by atoms with E-state index in [1.54, 1.807) is 11.6 Å². The maximum atomic E-state index is 14.3. The van der Waals surface area contributed by atoms with Crippen LogP contribution in [0.15, 0.2) is 53.3 Å². The first-order valence-corrected chi connectivity index (χ1v) is 12.2. The molecule has 0 fully saturated rings. The molecule has 38 heavy (non-hydrogen) atoms. The maximum absolute atomic E-state index is 14.3. The minimum Gasteiger partial charge on any atom is -0.487 e. The summed E-state index contributed by atoms with van der Waals surface area (Å²) in [6.07, 6.45) is 1.30. The number of nitrogens with one attached hydrogen (secondary N) is 1. The van der Waals surface area contributed by atoms with Crippen molar-refractivity contribution in [1.29, 1.82) is 0 Å². The quantitative estimate of drug-likeness (QED) is 0.290. The lowest BCUT2D eigenvalue weighted by Crippen LogP contribution is -2.28. The highest BCUT2D eigenvalue weighted by Crippen LogP contribution is 2.32. The van der Waals surface area contributed by atoms with Gasteiger partial charge in [-0.25, -0.2) is 19.0 Å². The summed E-state index contributed by atoms with van der Waals surface area (Å²) in [7, 11) is 0. The fraction of sp³-hybridized carbons (Fsp3) is 0.222. The van der Waals surface area contributed by atoms with Crippen LogP contribution in [-0.4, -0.2) is 30.8 Å².